The topological polar surface area (TPSA) is 32.3 Å². The molecule has 0 saturated carbocycles. The first-order valence-corrected chi connectivity index (χ1v) is 3.80. The molecule has 2 N–H and O–H groups in total. The lowest BCUT2D eigenvalue weighted by atomic mass is 10.1. The van der Waals surface area contributed by atoms with E-state index in [-0.39, 0.29) is 6.10 Å². The van der Waals surface area contributed by atoms with Gasteiger partial charge in [-0.1, -0.05) is 6.42 Å². The quantitative estimate of drug-likeness (QED) is 0.489. The highest BCUT2D eigenvalue weighted by Crippen LogP contribution is 2.26. The number of hydrogen-bond acceptors (Lipinski definition) is 2. The van der Waals surface area contributed by atoms with Crippen LogP contribution in [0.15, 0.2) is 0 Å². The second-order valence-electron chi connectivity index (χ2n) is 3.20. The summed E-state index contributed by atoms with van der Waals surface area (Å²) in [6, 6.07) is 1.07. The van der Waals surface area contributed by atoms with Crippen molar-refractivity contribution in [1.29, 1.82) is 0 Å². The Hall–Kier alpha value is -0.0800. The fourth-order valence-corrected chi connectivity index (χ4v) is 2.00. The zero-order valence-corrected chi connectivity index (χ0v) is 5.51. The summed E-state index contributed by atoms with van der Waals surface area (Å²) in [5, 5.41) is 12.7. The summed E-state index contributed by atoms with van der Waals surface area (Å²) in [6.07, 6.45) is 4.70. The van der Waals surface area contributed by atoms with E-state index in [1.54, 1.807) is 0 Å². The largest absolute Gasteiger partial charge is 0.391 e. The van der Waals surface area contributed by atoms with Crippen LogP contribution in [0, 0.1) is 0 Å². The number of fused-ring (bicyclic) bond motifs is 2. The van der Waals surface area contributed by atoms with Gasteiger partial charge in [-0.3, -0.25) is 0 Å². The van der Waals surface area contributed by atoms with Gasteiger partial charge in [-0.15, -0.1) is 0 Å². The summed E-state index contributed by atoms with van der Waals surface area (Å²) >= 11 is 0. The third kappa shape index (κ3) is 0.864. The monoisotopic (exact) mass is 127 g/mol. The fraction of sp³-hybridized carbons (Fsp3) is 1.00. The summed E-state index contributed by atoms with van der Waals surface area (Å²) in [5.41, 5.74) is 0. The van der Waals surface area contributed by atoms with E-state index in [1.807, 2.05) is 0 Å². The fourth-order valence-electron chi connectivity index (χ4n) is 2.00. The van der Waals surface area contributed by atoms with Gasteiger partial charge in [0.1, 0.15) is 0 Å². The van der Waals surface area contributed by atoms with Crippen molar-refractivity contribution in [3.63, 3.8) is 0 Å². The van der Waals surface area contributed by atoms with Crippen LogP contribution in [0.25, 0.3) is 0 Å². The highest BCUT2D eigenvalue weighted by molar-refractivity contribution is 4.94. The minimum Gasteiger partial charge on any atom is -0.391 e. The maximum Gasteiger partial charge on any atom is 0.0708 e. The normalized spacial score (nSPS) is 49.7. The van der Waals surface area contributed by atoms with Crippen molar-refractivity contribution in [2.75, 3.05) is 0 Å². The SMILES string of the molecule is OC1C[C@H]2CCC[C@@H]1N2. The number of hydrogen-bond donors (Lipinski definition) is 2. The first-order chi connectivity index (χ1) is 4.36. The van der Waals surface area contributed by atoms with Gasteiger partial charge in [-0.25, -0.2) is 0 Å². The van der Waals surface area contributed by atoms with E-state index in [0.717, 1.165) is 6.42 Å². The molecule has 52 valence electrons. The predicted molar refractivity (Wildman–Crippen MR) is 35.2 cm³/mol. The van der Waals surface area contributed by atoms with Gasteiger partial charge in [0.15, 0.2) is 0 Å². The summed E-state index contributed by atoms with van der Waals surface area (Å²) in [7, 11) is 0. The number of aliphatic hydroxyl groups is 1. The molecule has 3 atom stereocenters. The van der Waals surface area contributed by atoms with Gasteiger partial charge in [0, 0.05) is 12.1 Å². The maximum absolute atomic E-state index is 9.34. The Kier molecular flexibility index (Phi) is 1.24. The Morgan fingerprint density at radius 1 is 1.33 bits per heavy atom. The van der Waals surface area contributed by atoms with Crippen molar-refractivity contribution in [2.24, 2.45) is 0 Å². The molecule has 2 aliphatic rings. The average molecular weight is 127 g/mol. The van der Waals surface area contributed by atoms with Crippen LogP contribution in [0.2, 0.25) is 0 Å². The number of aliphatic hydroxyl groups excluding tert-OH is 1. The molecule has 0 amide bonds. The van der Waals surface area contributed by atoms with Crippen LogP contribution in [-0.2, 0) is 0 Å². The van der Waals surface area contributed by atoms with Gasteiger partial charge >= 0.3 is 0 Å². The Morgan fingerprint density at radius 3 is 2.89 bits per heavy atom. The molecule has 2 aliphatic heterocycles. The Bertz CT molecular complexity index is 113. The molecule has 2 saturated heterocycles. The molecule has 2 fully saturated rings. The van der Waals surface area contributed by atoms with Crippen molar-refractivity contribution in [2.45, 2.75) is 43.9 Å². The van der Waals surface area contributed by atoms with Crippen LogP contribution in [0.1, 0.15) is 25.7 Å². The molecule has 2 nitrogen and oxygen atoms in total. The molecule has 2 heterocycles. The standard InChI is InChI=1S/C7H13NO/c9-7-4-5-2-1-3-6(7)8-5/h5-9H,1-4H2/t5-,6+,7?/m1/s1. The zero-order valence-electron chi connectivity index (χ0n) is 5.51. The lowest BCUT2D eigenvalue weighted by Crippen LogP contribution is -2.36. The van der Waals surface area contributed by atoms with Gasteiger partial charge in [0.2, 0.25) is 0 Å². The lowest BCUT2D eigenvalue weighted by Gasteiger charge is -2.20. The van der Waals surface area contributed by atoms with E-state index < -0.39 is 0 Å². The molecule has 2 heteroatoms. The first-order valence-electron chi connectivity index (χ1n) is 3.80. The number of piperidine rings is 1. The van der Waals surface area contributed by atoms with Crippen LogP contribution in [-0.4, -0.2) is 23.3 Å². The summed E-state index contributed by atoms with van der Waals surface area (Å²) in [4.78, 5) is 0. The van der Waals surface area contributed by atoms with Crippen molar-refractivity contribution in [3.05, 3.63) is 0 Å². The smallest absolute Gasteiger partial charge is 0.0708 e. The molecule has 0 aliphatic carbocycles. The molecule has 0 aromatic heterocycles. The van der Waals surface area contributed by atoms with Gasteiger partial charge in [-0.05, 0) is 19.3 Å². The van der Waals surface area contributed by atoms with Gasteiger partial charge in [-0.2, -0.15) is 0 Å². The van der Waals surface area contributed by atoms with Crippen LogP contribution >= 0.6 is 0 Å². The third-order valence-electron chi connectivity index (χ3n) is 2.51. The predicted octanol–water partition coefficient (Wildman–Crippen LogP) is 0.262. The van der Waals surface area contributed by atoms with Gasteiger partial charge in [0.25, 0.3) is 0 Å². The first kappa shape index (κ1) is 5.69. The van der Waals surface area contributed by atoms with E-state index in [1.165, 1.54) is 19.3 Å². The molecule has 1 unspecified atom stereocenters. The number of nitrogens with one attached hydrogen (secondary N) is 1. The zero-order chi connectivity index (χ0) is 6.27. The van der Waals surface area contributed by atoms with Crippen molar-refractivity contribution < 1.29 is 5.11 Å². The highest BCUT2D eigenvalue weighted by atomic mass is 16.3. The third-order valence-corrected chi connectivity index (χ3v) is 2.51. The summed E-state index contributed by atoms with van der Waals surface area (Å²) < 4.78 is 0. The molecule has 0 aromatic carbocycles. The van der Waals surface area contributed by atoms with E-state index in [2.05, 4.69) is 5.32 Å². The molecule has 0 aromatic rings. The summed E-state index contributed by atoms with van der Waals surface area (Å²) in [5.74, 6) is 0. The molecular weight excluding hydrogens is 114 g/mol. The highest BCUT2D eigenvalue weighted by Gasteiger charge is 2.34. The Morgan fingerprint density at radius 2 is 2.22 bits per heavy atom. The van der Waals surface area contributed by atoms with Gasteiger partial charge in [0.05, 0.1) is 6.10 Å². The van der Waals surface area contributed by atoms with Crippen molar-refractivity contribution in [3.8, 4) is 0 Å². The summed E-state index contributed by atoms with van der Waals surface area (Å²) in [6.45, 7) is 0. The molecule has 2 rings (SSSR count). The molecular formula is C7H13NO. The minimum atomic E-state index is -0.0440. The molecule has 0 spiro atoms. The average Bonchev–Trinajstić information content (AvgIpc) is 2.09. The second-order valence-corrected chi connectivity index (χ2v) is 3.20. The lowest BCUT2D eigenvalue weighted by molar-refractivity contribution is 0.156. The molecule has 2 bridgehead atoms. The van der Waals surface area contributed by atoms with Crippen LogP contribution < -0.4 is 5.32 Å². The van der Waals surface area contributed by atoms with Crippen molar-refractivity contribution >= 4 is 0 Å². The Labute approximate surface area is 55.3 Å². The number of rotatable bonds is 0. The van der Waals surface area contributed by atoms with E-state index >= 15 is 0 Å². The van der Waals surface area contributed by atoms with Crippen LogP contribution in [0.5, 0.6) is 0 Å². The van der Waals surface area contributed by atoms with Crippen LogP contribution in [0.3, 0.4) is 0 Å². The molecule has 9 heavy (non-hydrogen) atoms. The van der Waals surface area contributed by atoms with E-state index in [0.29, 0.717) is 12.1 Å². The maximum atomic E-state index is 9.34. The second kappa shape index (κ2) is 1.96. The Balaban J connectivity index is 2.07. The van der Waals surface area contributed by atoms with E-state index in [9.17, 15) is 5.11 Å². The van der Waals surface area contributed by atoms with Crippen molar-refractivity contribution in [1.82, 2.24) is 5.32 Å². The van der Waals surface area contributed by atoms with E-state index in [4.69, 9.17) is 0 Å². The minimum absolute atomic E-state index is 0.0440. The molecule has 0 radical (unpaired) electrons. The van der Waals surface area contributed by atoms with Gasteiger partial charge < -0.3 is 10.4 Å². The van der Waals surface area contributed by atoms with Crippen LogP contribution in [0.4, 0.5) is 0 Å².